The fourth-order valence-electron chi connectivity index (χ4n) is 0.328. The second kappa shape index (κ2) is 4.01. The fraction of sp³-hybridized carbons (Fsp3) is 0.429. The highest BCUT2D eigenvalue weighted by atomic mass is 16.1. The van der Waals surface area contributed by atoms with Crippen molar-refractivity contribution in [2.45, 2.75) is 20.3 Å². The molecule has 0 unspecified atom stereocenters. The molecule has 0 amide bonds. The summed E-state index contributed by atoms with van der Waals surface area (Å²) in [6.45, 7) is 3.17. The molecule has 0 aliphatic heterocycles. The zero-order chi connectivity index (χ0) is 7.28. The van der Waals surface area contributed by atoms with E-state index in [1.54, 1.807) is 6.92 Å². The maximum atomic E-state index is 10.5. The van der Waals surface area contributed by atoms with Gasteiger partial charge < -0.3 is 0 Å². The largest absolute Gasteiger partial charge is 0.295 e. The Morgan fingerprint density at radius 3 is 2.22 bits per heavy atom. The van der Waals surface area contributed by atoms with Crippen LogP contribution in [-0.2, 0) is 9.59 Å². The van der Waals surface area contributed by atoms with Crippen LogP contribution >= 0.6 is 0 Å². The van der Waals surface area contributed by atoms with Crippen molar-refractivity contribution in [3.05, 3.63) is 12.2 Å². The molecule has 0 radical (unpaired) electrons. The minimum atomic E-state index is -0.0863. The molecule has 0 atom stereocenters. The van der Waals surface area contributed by atoms with Gasteiger partial charge in [-0.1, -0.05) is 6.92 Å². The lowest BCUT2D eigenvalue weighted by Crippen LogP contribution is -1.89. The Morgan fingerprint density at radius 1 is 1.33 bits per heavy atom. The summed E-state index contributed by atoms with van der Waals surface area (Å²) in [6.07, 6.45) is 3.05. The van der Waals surface area contributed by atoms with E-state index in [2.05, 4.69) is 0 Å². The normalized spacial score (nSPS) is 10.0. The summed E-state index contributed by atoms with van der Waals surface area (Å²) in [7, 11) is 0. The van der Waals surface area contributed by atoms with Gasteiger partial charge in [0.2, 0.25) is 0 Å². The highest BCUT2D eigenvalue weighted by Gasteiger charge is 1.89. The van der Waals surface area contributed by atoms with E-state index >= 15 is 0 Å². The van der Waals surface area contributed by atoms with E-state index in [9.17, 15) is 9.59 Å². The predicted octanol–water partition coefficient (Wildman–Crippen LogP) is 1.11. The Hall–Kier alpha value is -0.920. The molecule has 9 heavy (non-hydrogen) atoms. The smallest absolute Gasteiger partial charge is 0.155 e. The van der Waals surface area contributed by atoms with Crippen molar-refractivity contribution in [3.8, 4) is 0 Å². The molecule has 0 heterocycles. The monoisotopic (exact) mass is 126 g/mol. The van der Waals surface area contributed by atoms with Crippen molar-refractivity contribution in [1.82, 2.24) is 0 Å². The van der Waals surface area contributed by atoms with Gasteiger partial charge in [-0.2, -0.15) is 0 Å². The van der Waals surface area contributed by atoms with Crippen LogP contribution in [0.25, 0.3) is 0 Å². The summed E-state index contributed by atoms with van der Waals surface area (Å²) >= 11 is 0. The predicted molar refractivity (Wildman–Crippen MR) is 35.1 cm³/mol. The summed E-state index contributed by atoms with van der Waals surface area (Å²) < 4.78 is 0. The van der Waals surface area contributed by atoms with Gasteiger partial charge in [0.1, 0.15) is 0 Å². The molecule has 0 bridgehead atoms. The molecule has 0 aromatic carbocycles. The van der Waals surface area contributed by atoms with Crippen LogP contribution in [0.5, 0.6) is 0 Å². The average molecular weight is 126 g/mol. The van der Waals surface area contributed by atoms with Gasteiger partial charge in [0, 0.05) is 6.42 Å². The van der Waals surface area contributed by atoms with Crippen molar-refractivity contribution in [2.75, 3.05) is 0 Å². The van der Waals surface area contributed by atoms with Crippen molar-refractivity contribution in [2.24, 2.45) is 0 Å². The van der Waals surface area contributed by atoms with Crippen LogP contribution < -0.4 is 0 Å². The lowest BCUT2D eigenvalue weighted by Gasteiger charge is -1.81. The van der Waals surface area contributed by atoms with Crippen LogP contribution in [-0.4, -0.2) is 11.6 Å². The van der Waals surface area contributed by atoms with Crippen molar-refractivity contribution in [1.29, 1.82) is 0 Å². The number of allylic oxidation sites excluding steroid dienone is 2. The third-order valence-electron chi connectivity index (χ3n) is 0.852. The highest BCUT2D eigenvalue weighted by Crippen LogP contribution is 1.83. The summed E-state index contributed by atoms with van der Waals surface area (Å²) in [5.41, 5.74) is 0. The number of hydrogen-bond acceptors (Lipinski definition) is 2. The molecule has 0 N–H and O–H groups in total. The van der Waals surface area contributed by atoms with Gasteiger partial charge in [0.25, 0.3) is 0 Å². The first kappa shape index (κ1) is 8.08. The Morgan fingerprint density at radius 2 is 1.89 bits per heavy atom. The zero-order valence-corrected chi connectivity index (χ0v) is 5.68. The van der Waals surface area contributed by atoms with Gasteiger partial charge in [-0.25, -0.2) is 0 Å². The molecular formula is C7H10O2. The van der Waals surface area contributed by atoms with Crippen molar-refractivity contribution < 1.29 is 9.59 Å². The Balaban J connectivity index is 3.71. The third kappa shape index (κ3) is 4.94. The van der Waals surface area contributed by atoms with Gasteiger partial charge >= 0.3 is 0 Å². The second-order valence-corrected chi connectivity index (χ2v) is 1.76. The molecular weight excluding hydrogens is 116 g/mol. The number of rotatable bonds is 3. The van der Waals surface area contributed by atoms with Crippen LogP contribution in [0.15, 0.2) is 12.2 Å². The van der Waals surface area contributed by atoms with E-state index < -0.39 is 0 Å². The van der Waals surface area contributed by atoms with Crippen LogP contribution in [0.3, 0.4) is 0 Å². The van der Waals surface area contributed by atoms with Crippen LogP contribution in [0.4, 0.5) is 0 Å². The molecule has 0 aliphatic carbocycles. The van der Waals surface area contributed by atoms with Gasteiger partial charge in [-0.05, 0) is 19.1 Å². The summed E-state index contributed by atoms with van der Waals surface area (Å²) in [5.74, 6) is -0.0954. The maximum Gasteiger partial charge on any atom is 0.155 e. The van der Waals surface area contributed by atoms with E-state index in [1.807, 2.05) is 0 Å². The Kier molecular flexibility index (Phi) is 3.60. The van der Waals surface area contributed by atoms with Crippen LogP contribution in [0.1, 0.15) is 20.3 Å². The summed E-state index contributed by atoms with van der Waals surface area (Å²) in [6, 6.07) is 0. The number of carbonyl (C=O) groups excluding carboxylic acids is 2. The van der Waals surface area contributed by atoms with Crippen molar-refractivity contribution >= 4 is 11.6 Å². The van der Waals surface area contributed by atoms with Gasteiger partial charge in [-0.15, -0.1) is 0 Å². The van der Waals surface area contributed by atoms with Gasteiger partial charge in [0.15, 0.2) is 11.6 Å². The first-order valence-corrected chi connectivity index (χ1v) is 2.88. The molecule has 0 rings (SSSR count). The Labute approximate surface area is 54.6 Å². The molecule has 0 saturated carbocycles. The SMILES string of the molecule is CCC(=O)/C=C/C(C)=O. The molecule has 2 nitrogen and oxygen atoms in total. The van der Waals surface area contributed by atoms with Crippen LogP contribution in [0.2, 0.25) is 0 Å². The Bertz CT molecular complexity index is 145. The molecule has 0 spiro atoms. The topological polar surface area (TPSA) is 34.1 Å². The summed E-state index contributed by atoms with van der Waals surface area (Å²) in [5, 5.41) is 0. The van der Waals surface area contributed by atoms with E-state index in [4.69, 9.17) is 0 Å². The average Bonchev–Trinajstić information content (AvgIpc) is 1.83. The fourth-order valence-corrected chi connectivity index (χ4v) is 0.328. The van der Waals surface area contributed by atoms with Crippen LogP contribution in [0, 0.1) is 0 Å². The first-order valence-electron chi connectivity index (χ1n) is 2.88. The van der Waals surface area contributed by atoms with Crippen molar-refractivity contribution in [3.63, 3.8) is 0 Å². The highest BCUT2D eigenvalue weighted by molar-refractivity contribution is 5.97. The maximum absolute atomic E-state index is 10.5. The molecule has 0 aliphatic rings. The summed E-state index contributed by atoms with van der Waals surface area (Å²) in [4.78, 5) is 20.7. The van der Waals surface area contributed by atoms with Gasteiger partial charge in [0.05, 0.1) is 0 Å². The minimum Gasteiger partial charge on any atom is -0.295 e. The molecule has 50 valence electrons. The number of carbonyl (C=O) groups is 2. The lowest BCUT2D eigenvalue weighted by molar-refractivity contribution is -0.115. The molecule has 2 heteroatoms. The van der Waals surface area contributed by atoms with Gasteiger partial charge in [-0.3, -0.25) is 9.59 Å². The second-order valence-electron chi connectivity index (χ2n) is 1.76. The zero-order valence-electron chi connectivity index (χ0n) is 5.68. The minimum absolute atomic E-state index is 0.00907. The third-order valence-corrected chi connectivity index (χ3v) is 0.852. The molecule has 0 fully saturated rings. The quantitative estimate of drug-likeness (QED) is 0.531. The van der Waals surface area contributed by atoms with E-state index in [0.717, 1.165) is 0 Å². The molecule has 0 aromatic heterocycles. The number of hydrogen-bond donors (Lipinski definition) is 0. The standard InChI is InChI=1S/C7H10O2/c1-3-7(9)5-4-6(2)8/h4-5H,3H2,1-2H3/b5-4+. The molecule has 0 saturated heterocycles. The van der Waals surface area contributed by atoms with E-state index in [1.165, 1.54) is 19.1 Å². The van der Waals surface area contributed by atoms with E-state index in [0.29, 0.717) is 6.42 Å². The number of ketones is 2. The lowest BCUT2D eigenvalue weighted by atomic mass is 10.2. The molecule has 0 aromatic rings. The first-order chi connectivity index (χ1) is 4.16. The van der Waals surface area contributed by atoms with E-state index in [-0.39, 0.29) is 11.6 Å².